The van der Waals surface area contributed by atoms with E-state index >= 15 is 0 Å². The maximum absolute atomic E-state index is 12.8. The highest BCUT2D eigenvalue weighted by Gasteiger charge is 2.28. The Morgan fingerprint density at radius 1 is 1.04 bits per heavy atom. The second-order valence-corrected chi connectivity index (χ2v) is 5.83. The lowest BCUT2D eigenvalue weighted by molar-refractivity contribution is -0.125. The molecule has 2 rings (SSSR count). The Kier molecular flexibility index (Phi) is 5.88. The number of nitrogens with zero attached hydrogens (tertiary/aromatic N) is 1. The van der Waals surface area contributed by atoms with Crippen molar-refractivity contribution in [3.63, 3.8) is 0 Å². The van der Waals surface area contributed by atoms with Crippen molar-refractivity contribution < 1.29 is 14.7 Å². The molecule has 0 bridgehead atoms. The summed E-state index contributed by atoms with van der Waals surface area (Å²) in [5.41, 5.74) is 2.03. The summed E-state index contributed by atoms with van der Waals surface area (Å²) in [7, 11) is 0. The Bertz CT molecular complexity index is 695. The van der Waals surface area contributed by atoms with Gasteiger partial charge in [0.05, 0.1) is 12.0 Å². The number of benzene rings is 2. The first-order chi connectivity index (χ1) is 11.5. The van der Waals surface area contributed by atoms with Gasteiger partial charge in [0.1, 0.15) is 0 Å². The number of rotatable bonds is 6. The third kappa shape index (κ3) is 3.89. The van der Waals surface area contributed by atoms with E-state index in [-0.39, 0.29) is 11.7 Å². The standard InChI is InChI=1S/C20H23NO3/c1-4-21(18-8-6-5-7-9-18)20(24)14(2)19(23)17-12-10-16(11-13-17)15(3)22/h5-14,19,23H,4H2,1-3H3/t14-,19+/m0/s1. The molecular weight excluding hydrogens is 302 g/mol. The van der Waals surface area contributed by atoms with E-state index in [1.165, 1.54) is 6.92 Å². The quantitative estimate of drug-likeness (QED) is 0.825. The molecule has 2 aromatic carbocycles. The summed E-state index contributed by atoms with van der Waals surface area (Å²) in [6, 6.07) is 16.2. The lowest BCUT2D eigenvalue weighted by Gasteiger charge is -2.27. The molecule has 0 spiro atoms. The Hall–Kier alpha value is -2.46. The Morgan fingerprint density at radius 3 is 2.12 bits per heavy atom. The molecule has 0 aromatic heterocycles. The van der Waals surface area contributed by atoms with Gasteiger partial charge in [-0.05, 0) is 31.5 Å². The summed E-state index contributed by atoms with van der Waals surface area (Å²) in [4.78, 5) is 25.8. The van der Waals surface area contributed by atoms with Gasteiger partial charge in [-0.2, -0.15) is 0 Å². The van der Waals surface area contributed by atoms with Gasteiger partial charge in [-0.3, -0.25) is 9.59 Å². The van der Waals surface area contributed by atoms with Gasteiger partial charge >= 0.3 is 0 Å². The number of amides is 1. The molecule has 126 valence electrons. The summed E-state index contributed by atoms with van der Waals surface area (Å²) in [5, 5.41) is 10.5. The summed E-state index contributed by atoms with van der Waals surface area (Å²) in [6.45, 7) is 5.66. The van der Waals surface area contributed by atoms with Gasteiger partial charge in [0.15, 0.2) is 5.78 Å². The predicted molar refractivity (Wildman–Crippen MR) is 95.0 cm³/mol. The zero-order valence-corrected chi connectivity index (χ0v) is 14.3. The number of ketones is 1. The van der Waals surface area contributed by atoms with Crippen LogP contribution in [0.3, 0.4) is 0 Å². The number of aliphatic hydroxyl groups is 1. The monoisotopic (exact) mass is 325 g/mol. The smallest absolute Gasteiger partial charge is 0.232 e. The van der Waals surface area contributed by atoms with E-state index < -0.39 is 12.0 Å². The van der Waals surface area contributed by atoms with Gasteiger partial charge in [0.25, 0.3) is 0 Å². The summed E-state index contributed by atoms with van der Waals surface area (Å²) in [5.74, 6) is -0.749. The van der Waals surface area contributed by atoms with E-state index in [0.717, 1.165) is 5.69 Å². The normalized spacial score (nSPS) is 13.2. The van der Waals surface area contributed by atoms with E-state index in [4.69, 9.17) is 0 Å². The second kappa shape index (κ2) is 7.88. The number of hydrogen-bond donors (Lipinski definition) is 1. The molecule has 0 fully saturated rings. The van der Waals surface area contributed by atoms with Crippen molar-refractivity contribution in [1.29, 1.82) is 0 Å². The van der Waals surface area contributed by atoms with E-state index in [0.29, 0.717) is 17.7 Å². The number of carbonyl (C=O) groups excluding carboxylic acids is 2. The Balaban J connectivity index is 2.18. The highest BCUT2D eigenvalue weighted by Crippen LogP contribution is 2.26. The molecule has 0 radical (unpaired) electrons. The molecule has 0 saturated carbocycles. The minimum absolute atomic E-state index is 0.0265. The molecule has 1 amide bonds. The fraction of sp³-hybridized carbons (Fsp3) is 0.300. The Labute approximate surface area is 142 Å². The molecule has 0 aliphatic carbocycles. The van der Waals surface area contributed by atoms with Crippen LogP contribution < -0.4 is 4.90 Å². The van der Waals surface area contributed by atoms with Crippen LogP contribution in [-0.2, 0) is 4.79 Å². The topological polar surface area (TPSA) is 57.6 Å². The van der Waals surface area contributed by atoms with E-state index in [9.17, 15) is 14.7 Å². The fourth-order valence-electron chi connectivity index (χ4n) is 2.66. The van der Waals surface area contributed by atoms with Crippen LogP contribution in [0.2, 0.25) is 0 Å². The first-order valence-corrected chi connectivity index (χ1v) is 8.11. The van der Waals surface area contributed by atoms with Crippen molar-refractivity contribution in [3.8, 4) is 0 Å². The lowest BCUT2D eigenvalue weighted by Crippen LogP contribution is -2.37. The molecule has 2 aromatic rings. The average molecular weight is 325 g/mol. The number of anilines is 1. The van der Waals surface area contributed by atoms with Crippen molar-refractivity contribution in [2.75, 3.05) is 11.4 Å². The average Bonchev–Trinajstić information content (AvgIpc) is 2.62. The maximum atomic E-state index is 12.8. The van der Waals surface area contributed by atoms with Crippen molar-refractivity contribution in [2.45, 2.75) is 26.9 Å². The third-order valence-electron chi connectivity index (χ3n) is 4.17. The molecule has 2 atom stereocenters. The van der Waals surface area contributed by atoms with Crippen LogP contribution >= 0.6 is 0 Å². The van der Waals surface area contributed by atoms with Crippen LogP contribution in [0.4, 0.5) is 5.69 Å². The van der Waals surface area contributed by atoms with E-state index in [1.54, 1.807) is 36.1 Å². The first-order valence-electron chi connectivity index (χ1n) is 8.11. The summed E-state index contributed by atoms with van der Waals surface area (Å²) in [6.07, 6.45) is -0.920. The highest BCUT2D eigenvalue weighted by atomic mass is 16.3. The molecule has 0 aliphatic heterocycles. The van der Waals surface area contributed by atoms with Crippen molar-refractivity contribution >= 4 is 17.4 Å². The largest absolute Gasteiger partial charge is 0.388 e. The molecule has 0 unspecified atom stereocenters. The third-order valence-corrected chi connectivity index (χ3v) is 4.17. The highest BCUT2D eigenvalue weighted by molar-refractivity contribution is 5.95. The molecule has 1 N–H and O–H groups in total. The maximum Gasteiger partial charge on any atom is 0.232 e. The fourth-order valence-corrected chi connectivity index (χ4v) is 2.66. The first kappa shape index (κ1) is 17.9. The Morgan fingerprint density at radius 2 is 1.62 bits per heavy atom. The number of carbonyl (C=O) groups is 2. The number of para-hydroxylation sites is 1. The van der Waals surface area contributed by atoms with Crippen LogP contribution in [0.25, 0.3) is 0 Å². The van der Waals surface area contributed by atoms with Gasteiger partial charge in [0, 0.05) is 17.8 Å². The summed E-state index contributed by atoms with van der Waals surface area (Å²) < 4.78 is 0. The molecular formula is C20H23NO3. The van der Waals surface area contributed by atoms with Crippen molar-refractivity contribution in [3.05, 3.63) is 65.7 Å². The minimum atomic E-state index is -0.920. The van der Waals surface area contributed by atoms with Crippen LogP contribution in [0.15, 0.2) is 54.6 Å². The molecule has 4 heteroatoms. The van der Waals surface area contributed by atoms with Crippen LogP contribution in [0.5, 0.6) is 0 Å². The molecule has 0 saturated heterocycles. The van der Waals surface area contributed by atoms with Gasteiger partial charge in [-0.1, -0.05) is 49.4 Å². The van der Waals surface area contributed by atoms with Gasteiger partial charge in [-0.25, -0.2) is 0 Å². The summed E-state index contributed by atoms with van der Waals surface area (Å²) >= 11 is 0. The lowest BCUT2D eigenvalue weighted by atomic mass is 9.94. The van der Waals surface area contributed by atoms with E-state index in [2.05, 4.69) is 0 Å². The molecule has 0 heterocycles. The predicted octanol–water partition coefficient (Wildman–Crippen LogP) is 3.61. The van der Waals surface area contributed by atoms with Crippen LogP contribution in [0.1, 0.15) is 42.8 Å². The molecule has 4 nitrogen and oxygen atoms in total. The van der Waals surface area contributed by atoms with Crippen molar-refractivity contribution in [1.82, 2.24) is 0 Å². The zero-order valence-electron chi connectivity index (χ0n) is 14.3. The minimum Gasteiger partial charge on any atom is -0.388 e. The van der Waals surface area contributed by atoms with Crippen molar-refractivity contribution in [2.24, 2.45) is 5.92 Å². The SMILES string of the molecule is CCN(C(=O)[C@@H](C)[C@@H](O)c1ccc(C(C)=O)cc1)c1ccccc1. The molecule has 24 heavy (non-hydrogen) atoms. The number of hydrogen-bond acceptors (Lipinski definition) is 3. The number of aliphatic hydroxyl groups excluding tert-OH is 1. The second-order valence-electron chi connectivity index (χ2n) is 5.83. The number of Topliss-reactive ketones (excluding diaryl/α,β-unsaturated/α-hetero) is 1. The molecule has 0 aliphatic rings. The van der Waals surface area contributed by atoms with Crippen LogP contribution in [-0.4, -0.2) is 23.3 Å². The van der Waals surface area contributed by atoms with Gasteiger partial charge < -0.3 is 10.0 Å². The van der Waals surface area contributed by atoms with Gasteiger partial charge in [0.2, 0.25) is 5.91 Å². The van der Waals surface area contributed by atoms with Gasteiger partial charge in [-0.15, -0.1) is 0 Å². The van der Waals surface area contributed by atoms with E-state index in [1.807, 2.05) is 37.3 Å². The zero-order chi connectivity index (χ0) is 17.7. The van der Waals surface area contributed by atoms with Crippen LogP contribution in [0, 0.1) is 5.92 Å².